The van der Waals surface area contributed by atoms with Gasteiger partial charge < -0.3 is 19.1 Å². The third kappa shape index (κ3) is 24.5. The monoisotopic (exact) mass is 680 g/mol. The molecule has 0 bridgehead atoms. The van der Waals surface area contributed by atoms with Crippen LogP contribution in [0.1, 0.15) is 201 Å². The summed E-state index contributed by atoms with van der Waals surface area (Å²) in [5.74, 6) is 0.297. The molecule has 7 nitrogen and oxygen atoms in total. The van der Waals surface area contributed by atoms with Gasteiger partial charge in [0, 0.05) is 19.3 Å². The van der Waals surface area contributed by atoms with Crippen molar-refractivity contribution >= 4 is 17.9 Å². The Hall–Kier alpha value is -1.63. The predicted octanol–water partition coefficient (Wildman–Crippen LogP) is 10.9. The molecular weight excluding hydrogens is 602 g/mol. The second-order valence-corrected chi connectivity index (χ2v) is 14.8. The van der Waals surface area contributed by atoms with Gasteiger partial charge in [0.25, 0.3) is 0 Å². The maximum Gasteiger partial charge on any atom is 0.306 e. The van der Waals surface area contributed by atoms with Crippen LogP contribution in [0, 0.1) is 5.92 Å². The van der Waals surface area contributed by atoms with Crippen LogP contribution < -0.4 is 0 Å². The van der Waals surface area contributed by atoms with Gasteiger partial charge in [0.05, 0.1) is 0 Å². The van der Waals surface area contributed by atoms with Gasteiger partial charge in [-0.3, -0.25) is 14.4 Å². The van der Waals surface area contributed by atoms with Crippen LogP contribution in [0.15, 0.2) is 0 Å². The predicted molar refractivity (Wildman–Crippen MR) is 198 cm³/mol. The molecule has 0 radical (unpaired) electrons. The van der Waals surface area contributed by atoms with Gasteiger partial charge in [0.2, 0.25) is 0 Å². The Balaban J connectivity index is 2.42. The number of carbonyl (C=O) groups is 3. The zero-order valence-corrected chi connectivity index (χ0v) is 32.2. The first kappa shape index (κ1) is 44.4. The van der Waals surface area contributed by atoms with Crippen molar-refractivity contribution in [3.05, 3.63) is 0 Å². The summed E-state index contributed by atoms with van der Waals surface area (Å²) in [6.07, 6.45) is 26.2. The van der Waals surface area contributed by atoms with E-state index < -0.39 is 0 Å². The molecule has 0 aromatic heterocycles. The van der Waals surface area contributed by atoms with Crippen molar-refractivity contribution in [3.8, 4) is 0 Å². The number of likely N-dealkylation sites (tertiary alicyclic amines) is 1. The van der Waals surface area contributed by atoms with Crippen LogP contribution in [0.3, 0.4) is 0 Å². The summed E-state index contributed by atoms with van der Waals surface area (Å²) in [6.45, 7) is 10.8. The van der Waals surface area contributed by atoms with E-state index >= 15 is 0 Å². The molecule has 1 aliphatic rings. The molecule has 1 fully saturated rings. The van der Waals surface area contributed by atoms with E-state index in [-0.39, 0.29) is 36.2 Å². The number of hydrogen-bond acceptors (Lipinski definition) is 7. The quantitative estimate of drug-likeness (QED) is 0.0410. The molecule has 0 unspecified atom stereocenters. The number of hydrogen-bond donors (Lipinski definition) is 0. The Morgan fingerprint density at radius 1 is 0.500 bits per heavy atom. The minimum absolute atomic E-state index is 0.0403. The van der Waals surface area contributed by atoms with Crippen molar-refractivity contribution in [2.45, 2.75) is 219 Å². The maximum absolute atomic E-state index is 12.9. The van der Waals surface area contributed by atoms with Gasteiger partial charge in [-0.1, -0.05) is 105 Å². The van der Waals surface area contributed by atoms with Gasteiger partial charge in [-0.2, -0.15) is 0 Å². The Kier molecular flexibility index (Phi) is 27.9. The lowest BCUT2D eigenvalue weighted by molar-refractivity contribution is -0.152. The Bertz CT molecular complexity index is 734. The molecular formula is C41H77NO6. The van der Waals surface area contributed by atoms with Crippen molar-refractivity contribution < 1.29 is 28.6 Å². The highest BCUT2D eigenvalue weighted by Gasteiger charge is 2.22. The Morgan fingerprint density at radius 2 is 0.833 bits per heavy atom. The molecule has 0 saturated carbocycles. The van der Waals surface area contributed by atoms with E-state index in [1.165, 1.54) is 0 Å². The number of piperidine rings is 1. The smallest absolute Gasteiger partial charge is 0.306 e. The van der Waals surface area contributed by atoms with Crippen LogP contribution >= 0.6 is 0 Å². The molecule has 0 amide bonds. The Labute approximate surface area is 296 Å². The molecule has 1 heterocycles. The molecule has 7 heteroatoms. The molecule has 0 aromatic carbocycles. The Morgan fingerprint density at radius 3 is 1.21 bits per heavy atom. The summed E-state index contributed by atoms with van der Waals surface area (Å²) in [4.78, 5) is 40.2. The zero-order valence-electron chi connectivity index (χ0n) is 32.2. The topological polar surface area (TPSA) is 82.1 Å². The molecule has 0 aromatic rings. The first-order chi connectivity index (χ1) is 23.3. The SMILES string of the molecule is CCCCC(CCCC)OC(=O)CCCCCCC(CCCCCCC(=O)OC(CCCC)CCCC)OC(=O)CC1CCN(C)CC1. The molecule has 1 aliphatic heterocycles. The molecule has 0 atom stereocenters. The largest absolute Gasteiger partial charge is 0.462 e. The van der Waals surface area contributed by atoms with Crippen LogP contribution in [-0.2, 0) is 28.6 Å². The van der Waals surface area contributed by atoms with Gasteiger partial charge in [-0.15, -0.1) is 0 Å². The molecule has 48 heavy (non-hydrogen) atoms. The van der Waals surface area contributed by atoms with Crippen LogP contribution in [0.5, 0.6) is 0 Å². The zero-order chi connectivity index (χ0) is 35.2. The average Bonchev–Trinajstić information content (AvgIpc) is 3.07. The fourth-order valence-corrected chi connectivity index (χ4v) is 6.73. The standard InChI is InChI=1S/C41H77NO6/c1-6-10-22-36(23-11-7-2)46-39(43)28-20-16-14-18-26-38(48-41(45)34-35-30-32-42(5)33-31-35)27-19-15-17-21-29-40(44)47-37(24-12-8-3)25-13-9-4/h35-38H,6-34H2,1-5H3. The number of rotatable bonds is 31. The van der Waals surface area contributed by atoms with Crippen molar-refractivity contribution in [1.82, 2.24) is 4.90 Å². The van der Waals surface area contributed by atoms with Gasteiger partial charge in [0.15, 0.2) is 0 Å². The third-order valence-electron chi connectivity index (χ3n) is 10.0. The lowest BCUT2D eigenvalue weighted by Gasteiger charge is -2.28. The summed E-state index contributed by atoms with van der Waals surface area (Å²) in [5.41, 5.74) is 0. The molecule has 0 N–H and O–H groups in total. The first-order valence-corrected chi connectivity index (χ1v) is 20.6. The van der Waals surface area contributed by atoms with Crippen LogP contribution in [0.2, 0.25) is 0 Å². The summed E-state index contributed by atoms with van der Waals surface area (Å²) in [5, 5.41) is 0. The van der Waals surface area contributed by atoms with E-state index in [1.807, 2.05) is 0 Å². The van der Waals surface area contributed by atoms with E-state index in [0.717, 1.165) is 167 Å². The van der Waals surface area contributed by atoms with E-state index in [4.69, 9.17) is 14.2 Å². The third-order valence-corrected chi connectivity index (χ3v) is 10.0. The van der Waals surface area contributed by atoms with Gasteiger partial charge in [0.1, 0.15) is 18.3 Å². The fourth-order valence-electron chi connectivity index (χ4n) is 6.73. The van der Waals surface area contributed by atoms with Crippen LogP contribution in [-0.4, -0.2) is 61.3 Å². The number of esters is 3. The molecule has 0 aliphatic carbocycles. The molecule has 1 saturated heterocycles. The average molecular weight is 680 g/mol. The van der Waals surface area contributed by atoms with Gasteiger partial charge in [-0.05, 0) is 103 Å². The normalized spacial score (nSPS) is 14.2. The molecule has 0 spiro atoms. The lowest BCUT2D eigenvalue weighted by Crippen LogP contribution is -2.31. The summed E-state index contributed by atoms with van der Waals surface area (Å²) < 4.78 is 17.7. The molecule has 1 rings (SSSR count). The number of unbranched alkanes of at least 4 members (excludes halogenated alkanes) is 10. The minimum Gasteiger partial charge on any atom is -0.462 e. The van der Waals surface area contributed by atoms with Crippen molar-refractivity contribution in [2.24, 2.45) is 5.92 Å². The summed E-state index contributed by atoms with van der Waals surface area (Å²) >= 11 is 0. The van der Waals surface area contributed by atoms with Crippen molar-refractivity contribution in [1.29, 1.82) is 0 Å². The van der Waals surface area contributed by atoms with Gasteiger partial charge >= 0.3 is 17.9 Å². The van der Waals surface area contributed by atoms with Gasteiger partial charge in [-0.25, -0.2) is 0 Å². The molecule has 282 valence electrons. The van der Waals surface area contributed by atoms with Crippen molar-refractivity contribution in [3.63, 3.8) is 0 Å². The highest BCUT2D eigenvalue weighted by Crippen LogP contribution is 2.23. The first-order valence-electron chi connectivity index (χ1n) is 20.6. The van der Waals surface area contributed by atoms with E-state index in [2.05, 4.69) is 39.6 Å². The highest BCUT2D eigenvalue weighted by atomic mass is 16.6. The number of ether oxygens (including phenoxy) is 3. The number of nitrogens with zero attached hydrogens (tertiary/aromatic N) is 1. The minimum atomic E-state index is -0.0472. The second kappa shape index (κ2) is 30.2. The van der Waals surface area contributed by atoms with Crippen molar-refractivity contribution in [2.75, 3.05) is 20.1 Å². The fraction of sp³-hybridized carbons (Fsp3) is 0.927. The number of carbonyl (C=O) groups excluding carboxylic acids is 3. The lowest BCUT2D eigenvalue weighted by atomic mass is 9.94. The van der Waals surface area contributed by atoms with E-state index in [0.29, 0.717) is 25.2 Å². The highest BCUT2D eigenvalue weighted by molar-refractivity contribution is 5.70. The van der Waals surface area contributed by atoms with E-state index in [1.54, 1.807) is 0 Å². The van der Waals surface area contributed by atoms with Crippen LogP contribution in [0.25, 0.3) is 0 Å². The van der Waals surface area contributed by atoms with Crippen LogP contribution in [0.4, 0.5) is 0 Å². The summed E-state index contributed by atoms with van der Waals surface area (Å²) in [7, 11) is 2.15. The van der Waals surface area contributed by atoms with E-state index in [9.17, 15) is 14.4 Å². The second-order valence-electron chi connectivity index (χ2n) is 14.8. The maximum atomic E-state index is 12.9. The summed E-state index contributed by atoms with van der Waals surface area (Å²) in [6, 6.07) is 0.